The van der Waals surface area contributed by atoms with Crippen molar-refractivity contribution < 1.29 is 14.3 Å². The van der Waals surface area contributed by atoms with Crippen molar-refractivity contribution in [2.45, 2.75) is 31.2 Å². The van der Waals surface area contributed by atoms with Crippen LogP contribution >= 0.6 is 23.1 Å². The Bertz CT molecular complexity index is 1020. The average molecular weight is 447 g/mol. The Hall–Kier alpha value is -2.36. The van der Waals surface area contributed by atoms with Gasteiger partial charge in [0, 0.05) is 24.1 Å². The maximum absolute atomic E-state index is 12.8. The van der Waals surface area contributed by atoms with Gasteiger partial charge in [0.25, 0.3) is 0 Å². The molecule has 0 aliphatic carbocycles. The second-order valence-electron chi connectivity index (χ2n) is 6.87. The molecule has 30 heavy (non-hydrogen) atoms. The molecule has 3 aromatic rings. The minimum absolute atomic E-state index is 0.0819. The van der Waals surface area contributed by atoms with Crippen LogP contribution in [-0.4, -0.2) is 47.1 Å². The Kier molecular flexibility index (Phi) is 7.52. The number of nitrogens with zero attached hydrogens (tertiary/aromatic N) is 3. The zero-order valence-corrected chi connectivity index (χ0v) is 19.4. The van der Waals surface area contributed by atoms with E-state index in [1.54, 1.807) is 14.2 Å². The lowest BCUT2D eigenvalue weighted by Gasteiger charge is -2.17. The number of methoxy groups -OCH3 is 2. The number of nitrogens with one attached hydrogen (secondary N) is 1. The zero-order chi connectivity index (χ0) is 21.7. The van der Waals surface area contributed by atoms with Gasteiger partial charge in [-0.2, -0.15) is 0 Å². The molecule has 1 aromatic carbocycles. The van der Waals surface area contributed by atoms with Crippen LogP contribution in [0.2, 0.25) is 0 Å². The molecule has 0 spiro atoms. The van der Waals surface area contributed by atoms with Crippen molar-refractivity contribution in [1.82, 2.24) is 14.8 Å². The van der Waals surface area contributed by atoms with Gasteiger partial charge in [0.05, 0.1) is 31.2 Å². The molecule has 0 bridgehead atoms. The number of hydrogen-bond donors (Lipinski definition) is 1. The van der Waals surface area contributed by atoms with Crippen LogP contribution < -0.4 is 10.1 Å². The largest absolute Gasteiger partial charge is 0.495 e. The molecule has 9 heteroatoms. The van der Waals surface area contributed by atoms with E-state index in [1.807, 2.05) is 44.2 Å². The van der Waals surface area contributed by atoms with Gasteiger partial charge in [-0.1, -0.05) is 35.2 Å². The van der Waals surface area contributed by atoms with Crippen LogP contribution in [0.3, 0.4) is 0 Å². The molecule has 0 aliphatic rings. The van der Waals surface area contributed by atoms with Crippen LogP contribution in [0, 0.1) is 13.8 Å². The van der Waals surface area contributed by atoms with E-state index in [2.05, 4.69) is 27.0 Å². The molecule has 0 saturated heterocycles. The summed E-state index contributed by atoms with van der Waals surface area (Å²) >= 11 is 2.81. The molecular formula is C21H26N4O3S2. The number of rotatable bonds is 10. The first-order chi connectivity index (χ1) is 14.4. The molecule has 160 valence electrons. The summed E-state index contributed by atoms with van der Waals surface area (Å²) in [5.74, 6) is 1.13. The lowest BCUT2D eigenvalue weighted by atomic mass is 10.2. The van der Waals surface area contributed by atoms with Gasteiger partial charge < -0.3 is 19.4 Å². The number of aromatic nitrogens is 3. The third kappa shape index (κ3) is 5.03. The lowest BCUT2D eigenvalue weighted by molar-refractivity contribution is 0.102. The van der Waals surface area contributed by atoms with E-state index in [0.717, 1.165) is 32.7 Å². The number of carbonyl (C=O) groups excluding carboxylic acids is 1. The van der Waals surface area contributed by atoms with Crippen LogP contribution in [0.5, 0.6) is 5.75 Å². The first kappa shape index (κ1) is 22.3. The Labute approximate surface area is 184 Å². The molecule has 0 saturated carbocycles. The molecule has 1 atom stereocenters. The van der Waals surface area contributed by atoms with E-state index in [4.69, 9.17) is 9.47 Å². The molecule has 0 amide bonds. The van der Waals surface area contributed by atoms with E-state index >= 15 is 0 Å². The molecule has 0 fully saturated rings. The van der Waals surface area contributed by atoms with Crippen molar-refractivity contribution >= 4 is 39.7 Å². The predicted octanol–water partition coefficient (Wildman–Crippen LogP) is 4.89. The van der Waals surface area contributed by atoms with Gasteiger partial charge in [0.2, 0.25) is 5.13 Å². The monoisotopic (exact) mass is 446 g/mol. The Morgan fingerprint density at radius 2 is 2.03 bits per heavy atom. The van der Waals surface area contributed by atoms with Gasteiger partial charge in [-0.15, -0.1) is 10.2 Å². The van der Waals surface area contributed by atoms with Crippen LogP contribution in [0.15, 0.2) is 34.7 Å². The minimum Gasteiger partial charge on any atom is -0.495 e. The fourth-order valence-corrected chi connectivity index (χ4v) is 5.09. The lowest BCUT2D eigenvalue weighted by Crippen LogP contribution is -2.14. The average Bonchev–Trinajstić information content (AvgIpc) is 3.30. The van der Waals surface area contributed by atoms with Gasteiger partial charge in [0.15, 0.2) is 10.1 Å². The number of para-hydroxylation sites is 2. The van der Waals surface area contributed by atoms with Crippen molar-refractivity contribution in [1.29, 1.82) is 0 Å². The topological polar surface area (TPSA) is 78.3 Å². The number of carbonyl (C=O) groups is 1. The quantitative estimate of drug-likeness (QED) is 0.351. The summed E-state index contributed by atoms with van der Waals surface area (Å²) in [6.07, 6.45) is 0. The predicted molar refractivity (Wildman–Crippen MR) is 122 cm³/mol. The normalized spacial score (nSPS) is 12.0. The number of anilines is 2. The van der Waals surface area contributed by atoms with E-state index in [1.165, 1.54) is 23.1 Å². The summed E-state index contributed by atoms with van der Waals surface area (Å²) in [4.78, 5) is 12.8. The Morgan fingerprint density at radius 3 is 2.77 bits per heavy atom. The van der Waals surface area contributed by atoms with Crippen LogP contribution in [0.1, 0.15) is 34.7 Å². The maximum atomic E-state index is 12.8. The fraction of sp³-hybridized carbons (Fsp3) is 0.381. The highest BCUT2D eigenvalue weighted by Gasteiger charge is 2.19. The molecule has 1 unspecified atom stereocenters. The second kappa shape index (κ2) is 10.1. The highest BCUT2D eigenvalue weighted by molar-refractivity contribution is 8.01. The molecule has 7 nitrogen and oxygen atoms in total. The summed E-state index contributed by atoms with van der Waals surface area (Å²) in [7, 11) is 3.31. The van der Waals surface area contributed by atoms with Gasteiger partial charge in [-0.05, 0) is 39.0 Å². The standard InChI is InChI=1S/C21H26N4O3S2/c1-13-10-16(15(3)25(13)14(2)11-27-4)18(26)12-29-21-24-23-20(30-21)22-17-8-6-7-9-19(17)28-5/h6-10,14H,11-12H2,1-5H3,(H,22,23). The summed E-state index contributed by atoms with van der Waals surface area (Å²) in [5.41, 5.74) is 3.60. The Morgan fingerprint density at radius 1 is 1.27 bits per heavy atom. The summed E-state index contributed by atoms with van der Waals surface area (Å²) < 4.78 is 13.5. The Balaban J connectivity index is 1.64. The first-order valence-electron chi connectivity index (χ1n) is 9.51. The molecule has 0 radical (unpaired) electrons. The second-order valence-corrected chi connectivity index (χ2v) is 9.07. The fourth-order valence-electron chi connectivity index (χ4n) is 3.44. The van der Waals surface area contributed by atoms with E-state index in [-0.39, 0.29) is 11.8 Å². The highest BCUT2D eigenvalue weighted by Crippen LogP contribution is 2.32. The molecule has 3 rings (SSSR count). The number of Topliss-reactive ketones (excluding diaryl/α,β-unsaturated/α-hetero) is 1. The van der Waals surface area contributed by atoms with Gasteiger partial charge in [0.1, 0.15) is 5.75 Å². The third-order valence-electron chi connectivity index (χ3n) is 4.72. The molecular weight excluding hydrogens is 420 g/mol. The van der Waals surface area contributed by atoms with Gasteiger partial charge in [-0.25, -0.2) is 0 Å². The number of aryl methyl sites for hydroxylation is 1. The number of hydrogen-bond acceptors (Lipinski definition) is 8. The molecule has 0 aliphatic heterocycles. The number of benzene rings is 1. The SMILES string of the molecule is COCC(C)n1c(C)cc(C(=O)CSc2nnc(Nc3ccccc3OC)s2)c1C. The summed E-state index contributed by atoms with van der Waals surface area (Å²) in [6.45, 7) is 6.69. The third-order valence-corrected chi connectivity index (χ3v) is 6.69. The molecule has 2 aromatic heterocycles. The number of ether oxygens (including phenoxy) is 2. The van der Waals surface area contributed by atoms with Crippen LogP contribution in [0.25, 0.3) is 0 Å². The highest BCUT2D eigenvalue weighted by atomic mass is 32.2. The van der Waals surface area contributed by atoms with Crippen molar-refractivity contribution in [3.05, 3.63) is 47.3 Å². The number of ketones is 1. The van der Waals surface area contributed by atoms with E-state index in [9.17, 15) is 4.79 Å². The van der Waals surface area contributed by atoms with Crippen molar-refractivity contribution in [2.75, 3.05) is 31.9 Å². The molecule has 2 heterocycles. The zero-order valence-electron chi connectivity index (χ0n) is 17.8. The maximum Gasteiger partial charge on any atom is 0.210 e. The summed E-state index contributed by atoms with van der Waals surface area (Å²) in [6, 6.07) is 9.75. The van der Waals surface area contributed by atoms with E-state index in [0.29, 0.717) is 17.5 Å². The van der Waals surface area contributed by atoms with Gasteiger partial charge >= 0.3 is 0 Å². The molecule has 1 N–H and O–H groups in total. The van der Waals surface area contributed by atoms with Gasteiger partial charge in [-0.3, -0.25) is 4.79 Å². The first-order valence-corrected chi connectivity index (χ1v) is 11.3. The van der Waals surface area contributed by atoms with Crippen LogP contribution in [0.4, 0.5) is 10.8 Å². The van der Waals surface area contributed by atoms with Crippen molar-refractivity contribution in [3.8, 4) is 5.75 Å². The smallest absolute Gasteiger partial charge is 0.210 e. The number of thioether (sulfide) groups is 1. The minimum atomic E-state index is 0.0819. The van der Waals surface area contributed by atoms with E-state index < -0.39 is 0 Å². The van der Waals surface area contributed by atoms with Crippen LogP contribution in [-0.2, 0) is 4.74 Å². The van der Waals surface area contributed by atoms with Crippen molar-refractivity contribution in [2.24, 2.45) is 0 Å². The summed E-state index contributed by atoms with van der Waals surface area (Å²) in [5, 5.41) is 12.2. The van der Waals surface area contributed by atoms with Crippen molar-refractivity contribution in [3.63, 3.8) is 0 Å².